The Morgan fingerprint density at radius 3 is 2.44 bits per heavy atom. The Bertz CT molecular complexity index is 974. The molecule has 0 aliphatic heterocycles. The predicted octanol–water partition coefficient (Wildman–Crippen LogP) is 4.06. The van der Waals surface area contributed by atoms with E-state index in [9.17, 15) is 9.59 Å². The van der Waals surface area contributed by atoms with Gasteiger partial charge in [0.2, 0.25) is 5.88 Å². The molecule has 1 amide bonds. The standard InChI is InChI=1S/C21H20N2O4/c1-13-4-7-16(8-5-13)18-11-20(27-23-18)22-19(24)12-26-21(25)17-9-6-14(2)15(3)10-17/h4-11H,12H2,1-3H3,(H,22,24). The number of aryl methyl sites for hydroxylation is 3. The van der Waals surface area contributed by atoms with Crippen molar-refractivity contribution in [2.45, 2.75) is 20.8 Å². The molecular formula is C21H20N2O4. The van der Waals surface area contributed by atoms with E-state index in [0.717, 1.165) is 22.3 Å². The fourth-order valence-electron chi connectivity index (χ4n) is 2.45. The molecule has 3 rings (SSSR count). The Hall–Kier alpha value is -3.41. The number of aromatic nitrogens is 1. The zero-order valence-electron chi connectivity index (χ0n) is 15.4. The smallest absolute Gasteiger partial charge is 0.338 e. The third-order valence-electron chi connectivity index (χ3n) is 4.20. The van der Waals surface area contributed by atoms with Crippen LogP contribution in [0, 0.1) is 20.8 Å². The predicted molar refractivity (Wildman–Crippen MR) is 102 cm³/mol. The highest BCUT2D eigenvalue weighted by Crippen LogP contribution is 2.22. The van der Waals surface area contributed by atoms with Crippen molar-refractivity contribution >= 4 is 17.8 Å². The molecule has 0 saturated carbocycles. The van der Waals surface area contributed by atoms with Crippen LogP contribution in [0.3, 0.4) is 0 Å². The van der Waals surface area contributed by atoms with Gasteiger partial charge in [-0.25, -0.2) is 4.79 Å². The van der Waals surface area contributed by atoms with Gasteiger partial charge in [0.25, 0.3) is 5.91 Å². The summed E-state index contributed by atoms with van der Waals surface area (Å²) < 4.78 is 10.2. The summed E-state index contributed by atoms with van der Waals surface area (Å²) in [6, 6.07) is 14.6. The summed E-state index contributed by atoms with van der Waals surface area (Å²) in [5.41, 5.74) is 5.11. The lowest BCUT2D eigenvalue weighted by molar-refractivity contribution is -0.119. The molecule has 0 aliphatic carbocycles. The monoisotopic (exact) mass is 364 g/mol. The van der Waals surface area contributed by atoms with Crippen LogP contribution in [0.5, 0.6) is 0 Å². The van der Waals surface area contributed by atoms with Gasteiger partial charge in [0.1, 0.15) is 5.69 Å². The van der Waals surface area contributed by atoms with Crippen LogP contribution in [-0.4, -0.2) is 23.6 Å². The molecule has 1 heterocycles. The highest BCUT2D eigenvalue weighted by Gasteiger charge is 2.13. The molecule has 0 unspecified atom stereocenters. The summed E-state index contributed by atoms with van der Waals surface area (Å²) in [6.45, 7) is 5.46. The summed E-state index contributed by atoms with van der Waals surface area (Å²) in [4.78, 5) is 24.0. The number of ether oxygens (including phenoxy) is 1. The van der Waals surface area contributed by atoms with Crippen molar-refractivity contribution in [1.82, 2.24) is 5.16 Å². The molecule has 0 atom stereocenters. The van der Waals surface area contributed by atoms with Gasteiger partial charge in [-0.15, -0.1) is 0 Å². The van der Waals surface area contributed by atoms with E-state index in [1.165, 1.54) is 0 Å². The number of hydrogen-bond donors (Lipinski definition) is 1. The molecule has 6 heteroatoms. The number of nitrogens with one attached hydrogen (secondary N) is 1. The molecule has 0 fully saturated rings. The van der Waals surface area contributed by atoms with Crippen LogP contribution in [0.4, 0.5) is 5.88 Å². The van der Waals surface area contributed by atoms with E-state index in [0.29, 0.717) is 11.3 Å². The van der Waals surface area contributed by atoms with E-state index >= 15 is 0 Å². The molecule has 138 valence electrons. The highest BCUT2D eigenvalue weighted by molar-refractivity contribution is 5.95. The van der Waals surface area contributed by atoms with Crippen LogP contribution >= 0.6 is 0 Å². The minimum Gasteiger partial charge on any atom is -0.452 e. The Morgan fingerprint density at radius 1 is 1.00 bits per heavy atom. The molecule has 0 spiro atoms. The molecule has 0 saturated heterocycles. The Balaban J connectivity index is 1.55. The minimum atomic E-state index is -0.550. The van der Waals surface area contributed by atoms with E-state index in [2.05, 4.69) is 10.5 Å². The number of carbonyl (C=O) groups excluding carboxylic acids is 2. The molecule has 27 heavy (non-hydrogen) atoms. The van der Waals surface area contributed by atoms with Gasteiger partial charge in [-0.3, -0.25) is 10.1 Å². The molecule has 1 N–H and O–H groups in total. The molecule has 2 aromatic carbocycles. The molecule has 3 aromatic rings. The third kappa shape index (κ3) is 4.61. The van der Waals surface area contributed by atoms with Crippen LogP contribution in [0.1, 0.15) is 27.0 Å². The summed E-state index contributed by atoms with van der Waals surface area (Å²) in [7, 11) is 0. The van der Waals surface area contributed by atoms with Gasteiger partial charge < -0.3 is 9.26 Å². The lowest BCUT2D eigenvalue weighted by atomic mass is 10.1. The summed E-state index contributed by atoms with van der Waals surface area (Å²) >= 11 is 0. The summed E-state index contributed by atoms with van der Waals surface area (Å²) in [5, 5.41) is 6.46. The van der Waals surface area contributed by atoms with Gasteiger partial charge in [-0.2, -0.15) is 0 Å². The lowest BCUT2D eigenvalue weighted by Gasteiger charge is -2.06. The van der Waals surface area contributed by atoms with Gasteiger partial charge in [0.15, 0.2) is 6.61 Å². The number of amides is 1. The van der Waals surface area contributed by atoms with E-state index in [1.807, 2.05) is 51.1 Å². The zero-order valence-corrected chi connectivity index (χ0v) is 15.4. The zero-order chi connectivity index (χ0) is 19.4. The van der Waals surface area contributed by atoms with E-state index in [1.54, 1.807) is 18.2 Å². The first kappa shape index (κ1) is 18.4. The average Bonchev–Trinajstić information content (AvgIpc) is 3.11. The first-order chi connectivity index (χ1) is 12.9. The maximum absolute atomic E-state index is 12.0. The minimum absolute atomic E-state index is 0.192. The van der Waals surface area contributed by atoms with Crippen molar-refractivity contribution in [2.24, 2.45) is 0 Å². The van der Waals surface area contributed by atoms with Crippen molar-refractivity contribution in [3.05, 3.63) is 70.8 Å². The summed E-state index contributed by atoms with van der Waals surface area (Å²) in [5.74, 6) is -0.859. The van der Waals surface area contributed by atoms with E-state index in [4.69, 9.17) is 9.26 Å². The van der Waals surface area contributed by atoms with Crippen molar-refractivity contribution in [1.29, 1.82) is 0 Å². The van der Waals surface area contributed by atoms with Crippen molar-refractivity contribution in [2.75, 3.05) is 11.9 Å². The Morgan fingerprint density at radius 2 is 1.74 bits per heavy atom. The first-order valence-electron chi connectivity index (χ1n) is 8.50. The third-order valence-corrected chi connectivity index (χ3v) is 4.20. The maximum Gasteiger partial charge on any atom is 0.338 e. The normalized spacial score (nSPS) is 10.5. The number of nitrogens with zero attached hydrogens (tertiary/aromatic N) is 1. The van der Waals surface area contributed by atoms with Gasteiger partial charge in [0.05, 0.1) is 5.56 Å². The quantitative estimate of drug-likeness (QED) is 0.691. The van der Waals surface area contributed by atoms with Crippen LogP contribution in [-0.2, 0) is 9.53 Å². The van der Waals surface area contributed by atoms with Crippen molar-refractivity contribution < 1.29 is 18.8 Å². The lowest BCUT2D eigenvalue weighted by Crippen LogP contribution is -2.20. The number of benzene rings is 2. The SMILES string of the molecule is Cc1ccc(-c2cc(NC(=O)COC(=O)c3ccc(C)c(C)c3)on2)cc1. The van der Waals surface area contributed by atoms with Gasteiger partial charge in [-0.05, 0) is 44.0 Å². The number of rotatable bonds is 5. The summed E-state index contributed by atoms with van der Waals surface area (Å²) in [6.07, 6.45) is 0. The topological polar surface area (TPSA) is 81.4 Å². The van der Waals surface area contributed by atoms with Crippen LogP contribution in [0.2, 0.25) is 0 Å². The Kier molecular flexibility index (Phi) is 5.35. The van der Waals surface area contributed by atoms with Gasteiger partial charge in [-0.1, -0.05) is 41.1 Å². The van der Waals surface area contributed by atoms with Crippen LogP contribution in [0.15, 0.2) is 53.1 Å². The second-order valence-corrected chi connectivity index (χ2v) is 6.37. The van der Waals surface area contributed by atoms with Crippen LogP contribution < -0.4 is 5.32 Å². The number of carbonyl (C=O) groups is 2. The first-order valence-corrected chi connectivity index (χ1v) is 8.50. The second kappa shape index (κ2) is 7.86. The van der Waals surface area contributed by atoms with E-state index < -0.39 is 18.5 Å². The van der Waals surface area contributed by atoms with Gasteiger partial charge >= 0.3 is 5.97 Å². The molecule has 0 aliphatic rings. The van der Waals surface area contributed by atoms with Crippen molar-refractivity contribution in [3.63, 3.8) is 0 Å². The maximum atomic E-state index is 12.0. The molecule has 6 nitrogen and oxygen atoms in total. The second-order valence-electron chi connectivity index (χ2n) is 6.37. The highest BCUT2D eigenvalue weighted by atomic mass is 16.5. The van der Waals surface area contributed by atoms with E-state index in [-0.39, 0.29) is 5.88 Å². The fraction of sp³-hybridized carbons (Fsp3) is 0.190. The van der Waals surface area contributed by atoms with Crippen LogP contribution in [0.25, 0.3) is 11.3 Å². The van der Waals surface area contributed by atoms with Crippen molar-refractivity contribution in [3.8, 4) is 11.3 Å². The number of esters is 1. The molecule has 0 radical (unpaired) electrons. The molecular weight excluding hydrogens is 344 g/mol. The van der Waals surface area contributed by atoms with Gasteiger partial charge in [0, 0.05) is 11.6 Å². The Labute approximate surface area is 157 Å². The fourth-order valence-corrected chi connectivity index (χ4v) is 2.45. The molecule has 0 bridgehead atoms. The number of anilines is 1. The average molecular weight is 364 g/mol. The molecule has 1 aromatic heterocycles. The largest absolute Gasteiger partial charge is 0.452 e. The number of hydrogen-bond acceptors (Lipinski definition) is 5.